The maximum absolute atomic E-state index is 11.7. The number of hydrogen-bond acceptors (Lipinski definition) is 3. The van der Waals surface area contributed by atoms with Crippen LogP contribution in [-0.2, 0) is 11.2 Å². The molecule has 0 saturated carbocycles. The summed E-state index contributed by atoms with van der Waals surface area (Å²) in [6.07, 6.45) is 1.99. The van der Waals surface area contributed by atoms with Gasteiger partial charge < -0.3 is 4.98 Å². The van der Waals surface area contributed by atoms with Crippen LogP contribution in [0.5, 0.6) is 0 Å². The number of hydrogen-bond donors (Lipinski definition) is 1. The number of nitrogens with one attached hydrogen (secondary N) is 1. The van der Waals surface area contributed by atoms with Crippen molar-refractivity contribution in [1.82, 2.24) is 9.97 Å². The number of aromatic amines is 1. The van der Waals surface area contributed by atoms with Gasteiger partial charge in [-0.15, -0.1) is 0 Å². The fourth-order valence-electron chi connectivity index (χ4n) is 1.21. The molecule has 1 aromatic heterocycles. The summed E-state index contributed by atoms with van der Waals surface area (Å²) >= 11 is 3.72. The van der Waals surface area contributed by atoms with E-state index in [1.807, 2.05) is 6.26 Å². The van der Waals surface area contributed by atoms with E-state index in [0.717, 1.165) is 17.3 Å². The van der Waals surface area contributed by atoms with Crippen LogP contribution in [-0.4, -0.2) is 16.2 Å². The third kappa shape index (κ3) is 3.21. The molecule has 1 aromatic rings. The van der Waals surface area contributed by atoms with Gasteiger partial charge in [-0.1, -0.05) is 20.8 Å². The Balaban J connectivity index is 3.32. The first kappa shape index (κ1) is 13.0. The SMILES string of the molecule is CSCc1nc(C(C)(C)C)c(I)c(=O)[nH]1. The van der Waals surface area contributed by atoms with Gasteiger partial charge in [0, 0.05) is 5.41 Å². The van der Waals surface area contributed by atoms with Crippen molar-refractivity contribution in [2.75, 3.05) is 6.26 Å². The quantitative estimate of drug-likeness (QED) is 0.843. The van der Waals surface area contributed by atoms with E-state index in [-0.39, 0.29) is 11.0 Å². The lowest BCUT2D eigenvalue weighted by Crippen LogP contribution is -2.25. The maximum Gasteiger partial charge on any atom is 0.264 e. The van der Waals surface area contributed by atoms with Gasteiger partial charge in [0.05, 0.1) is 11.4 Å². The Labute approximate surface area is 108 Å². The van der Waals surface area contributed by atoms with E-state index >= 15 is 0 Å². The molecule has 15 heavy (non-hydrogen) atoms. The highest BCUT2D eigenvalue weighted by Crippen LogP contribution is 2.23. The Bertz CT molecular complexity index is 409. The van der Waals surface area contributed by atoms with Crippen LogP contribution in [0.1, 0.15) is 32.3 Å². The average molecular weight is 338 g/mol. The zero-order valence-corrected chi connectivity index (χ0v) is 12.3. The van der Waals surface area contributed by atoms with Crippen molar-refractivity contribution in [1.29, 1.82) is 0 Å². The van der Waals surface area contributed by atoms with Gasteiger partial charge in [0.25, 0.3) is 5.56 Å². The topological polar surface area (TPSA) is 45.8 Å². The van der Waals surface area contributed by atoms with Crippen LogP contribution < -0.4 is 5.56 Å². The molecule has 0 fully saturated rings. The summed E-state index contributed by atoms with van der Waals surface area (Å²) < 4.78 is 0.699. The fourth-order valence-corrected chi connectivity index (χ4v) is 2.68. The van der Waals surface area contributed by atoms with E-state index < -0.39 is 0 Å². The van der Waals surface area contributed by atoms with E-state index in [9.17, 15) is 4.79 Å². The molecule has 1 rings (SSSR count). The highest BCUT2D eigenvalue weighted by molar-refractivity contribution is 14.1. The molecule has 0 aromatic carbocycles. The second-order valence-electron chi connectivity index (χ2n) is 4.36. The summed E-state index contributed by atoms with van der Waals surface area (Å²) in [5, 5.41) is 0. The van der Waals surface area contributed by atoms with Crippen molar-refractivity contribution in [3.05, 3.63) is 25.4 Å². The summed E-state index contributed by atoms with van der Waals surface area (Å²) in [6, 6.07) is 0. The van der Waals surface area contributed by atoms with Crippen LogP contribution in [0.3, 0.4) is 0 Å². The first-order valence-corrected chi connectivity index (χ1v) is 7.11. The monoisotopic (exact) mass is 338 g/mol. The molecule has 0 unspecified atom stereocenters. The molecule has 1 N–H and O–H groups in total. The lowest BCUT2D eigenvalue weighted by Gasteiger charge is -2.19. The van der Waals surface area contributed by atoms with E-state index in [0.29, 0.717) is 3.57 Å². The normalized spacial score (nSPS) is 11.8. The third-order valence-electron chi connectivity index (χ3n) is 1.90. The zero-order valence-electron chi connectivity index (χ0n) is 9.35. The van der Waals surface area contributed by atoms with Gasteiger partial charge in [0.2, 0.25) is 0 Å². The third-order valence-corrected chi connectivity index (χ3v) is 3.47. The minimum atomic E-state index is -0.0854. The maximum atomic E-state index is 11.7. The van der Waals surface area contributed by atoms with Crippen LogP contribution in [0.25, 0.3) is 0 Å². The molecule has 0 aliphatic carbocycles. The number of rotatable bonds is 2. The molecule has 0 radical (unpaired) electrons. The van der Waals surface area contributed by atoms with Crippen molar-refractivity contribution in [3.63, 3.8) is 0 Å². The highest BCUT2D eigenvalue weighted by Gasteiger charge is 2.21. The number of H-pyrrole nitrogens is 1. The van der Waals surface area contributed by atoms with Crippen LogP contribution in [0.4, 0.5) is 0 Å². The Morgan fingerprint density at radius 1 is 1.47 bits per heavy atom. The molecule has 3 nitrogen and oxygen atoms in total. The van der Waals surface area contributed by atoms with Crippen LogP contribution in [0.2, 0.25) is 0 Å². The molecule has 5 heteroatoms. The van der Waals surface area contributed by atoms with E-state index in [2.05, 4.69) is 53.3 Å². The molecular weight excluding hydrogens is 323 g/mol. The van der Waals surface area contributed by atoms with Gasteiger partial charge in [0.1, 0.15) is 9.39 Å². The van der Waals surface area contributed by atoms with Crippen molar-refractivity contribution >= 4 is 34.4 Å². The lowest BCUT2D eigenvalue weighted by atomic mass is 9.92. The van der Waals surface area contributed by atoms with Crippen molar-refractivity contribution < 1.29 is 0 Å². The van der Waals surface area contributed by atoms with Gasteiger partial charge >= 0.3 is 0 Å². The molecule has 0 spiro atoms. The predicted molar refractivity (Wildman–Crippen MR) is 73.5 cm³/mol. The first-order valence-electron chi connectivity index (χ1n) is 4.64. The smallest absolute Gasteiger partial charge is 0.264 e. The standard InChI is InChI=1S/C10H15IN2OS/c1-10(2,3)8-7(11)9(14)13-6(12-8)5-15-4/h5H2,1-4H3,(H,12,13,14). The Morgan fingerprint density at radius 3 is 2.53 bits per heavy atom. The molecular formula is C10H15IN2OS. The predicted octanol–water partition coefficient (Wildman–Crippen LogP) is 2.54. The van der Waals surface area contributed by atoms with Crippen LogP contribution >= 0.6 is 34.4 Å². The summed E-state index contributed by atoms with van der Waals surface area (Å²) in [5.41, 5.74) is 0.772. The average Bonchev–Trinajstić information content (AvgIpc) is 2.09. The van der Waals surface area contributed by atoms with Gasteiger partial charge in [-0.05, 0) is 28.8 Å². The molecule has 0 atom stereocenters. The summed E-state index contributed by atoms with van der Waals surface area (Å²) in [7, 11) is 0. The second kappa shape index (κ2) is 4.86. The zero-order chi connectivity index (χ0) is 11.6. The first-order chi connectivity index (χ1) is 6.86. The van der Waals surface area contributed by atoms with Gasteiger partial charge in [-0.25, -0.2) is 4.98 Å². The molecule has 1 heterocycles. The summed E-state index contributed by atoms with van der Waals surface area (Å²) in [5.74, 6) is 1.51. The van der Waals surface area contributed by atoms with Crippen molar-refractivity contribution in [3.8, 4) is 0 Å². The van der Waals surface area contributed by atoms with E-state index in [4.69, 9.17) is 0 Å². The van der Waals surface area contributed by atoms with Gasteiger partial charge in [-0.3, -0.25) is 4.79 Å². The lowest BCUT2D eigenvalue weighted by molar-refractivity contribution is 0.557. The molecule has 0 aliphatic rings. The van der Waals surface area contributed by atoms with Crippen LogP contribution in [0.15, 0.2) is 4.79 Å². The largest absolute Gasteiger partial charge is 0.309 e. The number of nitrogens with zero attached hydrogens (tertiary/aromatic N) is 1. The van der Waals surface area contributed by atoms with Crippen molar-refractivity contribution in [2.45, 2.75) is 31.9 Å². The number of aromatic nitrogens is 2. The summed E-state index contributed by atoms with van der Waals surface area (Å²) in [4.78, 5) is 19.0. The van der Waals surface area contributed by atoms with Gasteiger partial charge in [-0.2, -0.15) is 11.8 Å². The molecule has 0 bridgehead atoms. The Kier molecular flexibility index (Phi) is 4.22. The second-order valence-corrected chi connectivity index (χ2v) is 6.30. The fraction of sp³-hybridized carbons (Fsp3) is 0.600. The van der Waals surface area contributed by atoms with Crippen LogP contribution in [0, 0.1) is 3.57 Å². The molecule has 84 valence electrons. The molecule has 0 aliphatic heterocycles. The summed E-state index contributed by atoms with van der Waals surface area (Å²) in [6.45, 7) is 6.21. The Hall–Kier alpha value is -0.0400. The Morgan fingerprint density at radius 2 is 2.07 bits per heavy atom. The van der Waals surface area contributed by atoms with E-state index in [1.165, 1.54) is 0 Å². The van der Waals surface area contributed by atoms with E-state index in [1.54, 1.807) is 11.8 Å². The van der Waals surface area contributed by atoms with Crippen molar-refractivity contribution in [2.24, 2.45) is 0 Å². The minimum absolute atomic E-state index is 0.0282. The highest BCUT2D eigenvalue weighted by atomic mass is 127. The molecule has 0 saturated heterocycles. The molecule has 0 amide bonds. The minimum Gasteiger partial charge on any atom is -0.309 e. The number of thioether (sulfide) groups is 1. The van der Waals surface area contributed by atoms with Gasteiger partial charge in [0.15, 0.2) is 0 Å². The number of halogens is 1.